The van der Waals surface area contributed by atoms with Crippen molar-refractivity contribution in [3.8, 4) is 11.4 Å². The number of hydrogen-bond acceptors (Lipinski definition) is 6. The molecule has 194 valence electrons. The summed E-state index contributed by atoms with van der Waals surface area (Å²) >= 11 is 6.20. The first kappa shape index (κ1) is 25.6. The zero-order valence-electron chi connectivity index (χ0n) is 21.3. The minimum absolute atomic E-state index is 0.0996. The number of aliphatic imine (C=N–C) groups is 1. The monoisotopic (exact) mass is 528 g/mol. The minimum atomic E-state index is -0.526. The first-order chi connectivity index (χ1) is 18.5. The summed E-state index contributed by atoms with van der Waals surface area (Å²) < 4.78 is 8.20. The Labute approximate surface area is 226 Å². The smallest absolute Gasteiger partial charge is 0.222 e. The molecule has 3 N–H and O–H groups in total. The summed E-state index contributed by atoms with van der Waals surface area (Å²) in [5.41, 5.74) is 11.3. The van der Waals surface area contributed by atoms with Gasteiger partial charge < -0.3 is 15.8 Å². The molecule has 1 atom stereocenters. The van der Waals surface area contributed by atoms with Crippen LogP contribution in [0.15, 0.2) is 71.7 Å². The Hall–Kier alpha value is -4.01. The van der Waals surface area contributed by atoms with Gasteiger partial charge in [-0.3, -0.25) is 14.4 Å². The van der Waals surface area contributed by atoms with Crippen molar-refractivity contribution in [3.05, 3.63) is 106 Å². The van der Waals surface area contributed by atoms with Crippen LogP contribution in [0.25, 0.3) is 5.69 Å². The molecule has 1 unspecified atom stereocenters. The Kier molecular flexibility index (Phi) is 7.53. The van der Waals surface area contributed by atoms with Crippen molar-refractivity contribution in [2.75, 3.05) is 6.54 Å². The van der Waals surface area contributed by atoms with Gasteiger partial charge in [-0.15, -0.1) is 10.2 Å². The maximum Gasteiger partial charge on any atom is 0.222 e. The molecule has 1 aromatic heterocycles. The zero-order valence-corrected chi connectivity index (χ0v) is 22.1. The van der Waals surface area contributed by atoms with Crippen LogP contribution < -0.4 is 15.8 Å². The fraction of sp³-hybridized carbons (Fsp3) is 0.241. The third kappa shape index (κ3) is 5.18. The van der Waals surface area contributed by atoms with E-state index in [1.165, 1.54) is 0 Å². The fourth-order valence-corrected chi connectivity index (χ4v) is 4.77. The second-order valence-electron chi connectivity index (χ2n) is 9.04. The van der Waals surface area contributed by atoms with E-state index in [4.69, 9.17) is 27.1 Å². The summed E-state index contributed by atoms with van der Waals surface area (Å²) in [5, 5.41) is 12.3. The van der Waals surface area contributed by atoms with Gasteiger partial charge in [0.2, 0.25) is 5.91 Å². The van der Waals surface area contributed by atoms with Gasteiger partial charge in [0.05, 0.1) is 17.8 Å². The first-order valence-corrected chi connectivity index (χ1v) is 12.9. The predicted octanol–water partition coefficient (Wildman–Crippen LogP) is 4.69. The number of halogens is 1. The molecule has 9 heteroatoms. The molecule has 0 fully saturated rings. The Morgan fingerprint density at radius 3 is 2.58 bits per heavy atom. The number of hydrogen-bond donors (Lipinski definition) is 2. The molecule has 1 aliphatic heterocycles. The number of aryl methyl sites for hydroxylation is 1. The number of nitrogens with two attached hydrogens (primary N) is 1. The molecular weight excluding hydrogens is 500 g/mol. The van der Waals surface area contributed by atoms with Gasteiger partial charge in [0, 0.05) is 29.2 Å². The van der Waals surface area contributed by atoms with Crippen molar-refractivity contribution in [1.82, 2.24) is 20.1 Å². The maximum absolute atomic E-state index is 12.6. The standard InChI is InChI=1S/C29H29ClN6O2/c1-3-32-27(37)15-25-29-35-34-18(2)36(29)26-13-12-23(38-17-21-7-5-4-6-20(21)16-31)14-24(26)28(33-25)19-8-10-22(30)11-9-19/h4-14,25H,3,15-17,31H2,1-2H3,(H,32,37). The number of fused-ring (bicyclic) bond motifs is 3. The summed E-state index contributed by atoms with van der Waals surface area (Å²) in [4.78, 5) is 17.7. The molecule has 1 amide bonds. The van der Waals surface area contributed by atoms with Crippen LogP contribution >= 0.6 is 11.6 Å². The molecule has 4 aromatic rings. The van der Waals surface area contributed by atoms with Crippen LogP contribution in [0.1, 0.15) is 53.3 Å². The number of rotatable bonds is 8. The van der Waals surface area contributed by atoms with Crippen LogP contribution in [-0.4, -0.2) is 32.9 Å². The molecule has 1 aliphatic rings. The second kappa shape index (κ2) is 11.2. The van der Waals surface area contributed by atoms with Gasteiger partial charge in [0.1, 0.15) is 24.2 Å². The van der Waals surface area contributed by atoms with Crippen LogP contribution in [0.5, 0.6) is 5.75 Å². The van der Waals surface area contributed by atoms with E-state index in [9.17, 15) is 4.79 Å². The van der Waals surface area contributed by atoms with Crippen molar-refractivity contribution < 1.29 is 9.53 Å². The number of benzene rings is 3. The minimum Gasteiger partial charge on any atom is -0.489 e. The molecule has 0 radical (unpaired) electrons. The van der Waals surface area contributed by atoms with Gasteiger partial charge in [-0.25, -0.2) is 0 Å². The molecule has 0 spiro atoms. The van der Waals surface area contributed by atoms with E-state index in [1.54, 1.807) is 0 Å². The van der Waals surface area contributed by atoms with Crippen molar-refractivity contribution >= 4 is 23.2 Å². The van der Waals surface area contributed by atoms with Crippen molar-refractivity contribution in [2.45, 2.75) is 39.5 Å². The van der Waals surface area contributed by atoms with Crippen LogP contribution in [0.2, 0.25) is 5.02 Å². The first-order valence-electron chi connectivity index (χ1n) is 12.5. The van der Waals surface area contributed by atoms with Crippen molar-refractivity contribution in [1.29, 1.82) is 0 Å². The van der Waals surface area contributed by atoms with E-state index < -0.39 is 6.04 Å². The summed E-state index contributed by atoms with van der Waals surface area (Å²) in [7, 11) is 0. The topological polar surface area (TPSA) is 107 Å². The number of amides is 1. The number of carbonyl (C=O) groups is 1. The number of aromatic nitrogens is 3. The Morgan fingerprint density at radius 2 is 1.84 bits per heavy atom. The molecule has 0 aliphatic carbocycles. The maximum atomic E-state index is 12.6. The summed E-state index contributed by atoms with van der Waals surface area (Å²) in [5.74, 6) is 1.91. The second-order valence-corrected chi connectivity index (χ2v) is 9.48. The average Bonchev–Trinajstić information content (AvgIpc) is 3.25. The molecule has 0 saturated heterocycles. The number of nitrogens with zero attached hydrogens (tertiary/aromatic N) is 4. The molecule has 38 heavy (non-hydrogen) atoms. The molecule has 0 saturated carbocycles. The molecular formula is C29H29ClN6O2. The summed E-state index contributed by atoms with van der Waals surface area (Å²) in [6.45, 7) is 5.16. The van der Waals surface area contributed by atoms with Crippen molar-refractivity contribution in [3.63, 3.8) is 0 Å². The van der Waals surface area contributed by atoms with E-state index in [0.717, 1.165) is 33.7 Å². The lowest BCUT2D eigenvalue weighted by Gasteiger charge is -2.15. The Bertz CT molecular complexity index is 1500. The van der Waals surface area contributed by atoms with Crippen LogP contribution in [0.4, 0.5) is 0 Å². The molecule has 3 aromatic carbocycles. The van der Waals surface area contributed by atoms with E-state index in [1.807, 2.05) is 85.1 Å². The Morgan fingerprint density at radius 1 is 1.08 bits per heavy atom. The fourth-order valence-electron chi connectivity index (χ4n) is 4.64. The van der Waals surface area contributed by atoms with Gasteiger partial charge in [-0.1, -0.05) is 48.0 Å². The third-order valence-corrected chi connectivity index (χ3v) is 6.75. The summed E-state index contributed by atoms with van der Waals surface area (Å²) in [6.07, 6.45) is 0.149. The highest BCUT2D eigenvalue weighted by Gasteiger charge is 2.30. The Balaban J connectivity index is 1.61. The SMILES string of the molecule is CCNC(=O)CC1N=C(c2ccc(Cl)cc2)c2cc(OCc3ccccc3CN)ccc2-n2c(C)nnc21. The lowest BCUT2D eigenvalue weighted by atomic mass is 10.00. The third-order valence-electron chi connectivity index (χ3n) is 6.50. The lowest BCUT2D eigenvalue weighted by molar-refractivity contribution is -0.121. The molecule has 8 nitrogen and oxygen atoms in total. The zero-order chi connectivity index (χ0) is 26.6. The van der Waals surface area contributed by atoms with Gasteiger partial charge in [0.15, 0.2) is 5.82 Å². The molecule has 5 rings (SSSR count). The molecule has 2 heterocycles. The lowest BCUT2D eigenvalue weighted by Crippen LogP contribution is -2.25. The predicted molar refractivity (Wildman–Crippen MR) is 148 cm³/mol. The van der Waals surface area contributed by atoms with E-state index in [0.29, 0.717) is 42.1 Å². The van der Waals surface area contributed by atoms with Crippen molar-refractivity contribution in [2.24, 2.45) is 10.7 Å². The van der Waals surface area contributed by atoms with Gasteiger partial charge >= 0.3 is 0 Å². The highest BCUT2D eigenvalue weighted by Crippen LogP contribution is 2.34. The normalized spacial score (nSPS) is 14.2. The van der Waals surface area contributed by atoms with Gasteiger partial charge in [0.25, 0.3) is 0 Å². The van der Waals surface area contributed by atoms with Gasteiger partial charge in [-0.2, -0.15) is 0 Å². The number of carbonyl (C=O) groups excluding carboxylic acids is 1. The highest BCUT2D eigenvalue weighted by molar-refractivity contribution is 6.30. The van der Waals surface area contributed by atoms with Crippen LogP contribution in [0.3, 0.4) is 0 Å². The number of ether oxygens (including phenoxy) is 1. The molecule has 0 bridgehead atoms. The van der Waals surface area contributed by atoms with E-state index in [-0.39, 0.29) is 12.3 Å². The van der Waals surface area contributed by atoms with Crippen LogP contribution in [0, 0.1) is 6.92 Å². The van der Waals surface area contributed by atoms with Gasteiger partial charge in [-0.05, 0) is 55.3 Å². The average molecular weight is 529 g/mol. The number of nitrogens with one attached hydrogen (secondary N) is 1. The van der Waals surface area contributed by atoms with Crippen LogP contribution in [-0.2, 0) is 17.9 Å². The quantitative estimate of drug-likeness (QED) is 0.345. The van der Waals surface area contributed by atoms with E-state index >= 15 is 0 Å². The highest BCUT2D eigenvalue weighted by atomic mass is 35.5. The summed E-state index contributed by atoms with van der Waals surface area (Å²) in [6, 6.07) is 20.9. The largest absolute Gasteiger partial charge is 0.489 e. The van der Waals surface area contributed by atoms with E-state index in [2.05, 4.69) is 15.5 Å².